The molecule has 1 aromatic rings. The average Bonchev–Trinajstić information content (AvgIpc) is 3.09. The summed E-state index contributed by atoms with van der Waals surface area (Å²) in [4.78, 5) is 14.0. The molecule has 2 rings (SSSR count). The van der Waals surface area contributed by atoms with Crippen LogP contribution >= 0.6 is 0 Å². The largest absolute Gasteiger partial charge is 0.467 e. The first-order valence-corrected chi connectivity index (χ1v) is 6.93. The van der Waals surface area contributed by atoms with Gasteiger partial charge < -0.3 is 14.8 Å². The van der Waals surface area contributed by atoms with Crippen LogP contribution in [0.3, 0.4) is 0 Å². The number of furan rings is 1. The second-order valence-electron chi connectivity index (χ2n) is 4.99. The molecule has 1 aromatic heterocycles. The monoisotopic (exact) mass is 266 g/mol. The number of nitrogens with zero attached hydrogens (tertiary/aromatic N) is 1. The molecule has 1 heterocycles. The molecule has 19 heavy (non-hydrogen) atoms. The summed E-state index contributed by atoms with van der Waals surface area (Å²) in [6, 6.07) is 4.09. The van der Waals surface area contributed by atoms with E-state index in [1.54, 1.807) is 12.3 Å². The van der Waals surface area contributed by atoms with E-state index in [9.17, 15) is 4.79 Å². The second kappa shape index (κ2) is 7.31. The molecule has 1 fully saturated rings. The van der Waals surface area contributed by atoms with Gasteiger partial charge in [-0.2, -0.15) is 0 Å². The van der Waals surface area contributed by atoms with E-state index in [1.807, 2.05) is 6.07 Å². The Hall–Kier alpha value is -1.33. The molecule has 0 aliphatic heterocycles. The van der Waals surface area contributed by atoms with Gasteiger partial charge >= 0.3 is 0 Å². The molecule has 0 radical (unpaired) electrons. The second-order valence-corrected chi connectivity index (χ2v) is 4.99. The van der Waals surface area contributed by atoms with Crippen molar-refractivity contribution in [2.45, 2.75) is 38.3 Å². The van der Waals surface area contributed by atoms with Crippen molar-refractivity contribution in [2.24, 2.45) is 0 Å². The fraction of sp³-hybridized carbons (Fsp3) is 0.643. The standard InChI is InChI=1S/C14H22N2O3/c17-8-7-16(12-4-1-2-5-12)11-14(18)15-10-13-6-3-9-19-13/h3,6,9,12,17H,1-2,4-5,7-8,10-11H2,(H,15,18). The van der Waals surface area contributed by atoms with Gasteiger partial charge in [0.2, 0.25) is 5.91 Å². The normalized spacial score (nSPS) is 16.1. The number of hydrogen-bond donors (Lipinski definition) is 2. The van der Waals surface area contributed by atoms with E-state index in [0.717, 1.165) is 18.6 Å². The van der Waals surface area contributed by atoms with E-state index >= 15 is 0 Å². The van der Waals surface area contributed by atoms with Gasteiger partial charge in [-0.15, -0.1) is 0 Å². The van der Waals surface area contributed by atoms with Crippen LogP contribution in [0.4, 0.5) is 0 Å². The van der Waals surface area contributed by atoms with Crippen molar-refractivity contribution in [1.29, 1.82) is 0 Å². The Labute approximate surface area is 113 Å². The fourth-order valence-electron chi connectivity index (χ4n) is 2.63. The van der Waals surface area contributed by atoms with Gasteiger partial charge in [0.25, 0.3) is 0 Å². The zero-order chi connectivity index (χ0) is 13.5. The molecule has 5 heteroatoms. The lowest BCUT2D eigenvalue weighted by atomic mass is 10.2. The highest BCUT2D eigenvalue weighted by Crippen LogP contribution is 2.22. The Bertz CT molecular complexity index is 372. The molecule has 0 spiro atoms. The number of amides is 1. The lowest BCUT2D eigenvalue weighted by molar-refractivity contribution is -0.123. The number of hydrogen-bond acceptors (Lipinski definition) is 4. The first-order valence-electron chi connectivity index (χ1n) is 6.93. The van der Waals surface area contributed by atoms with Crippen molar-refractivity contribution in [1.82, 2.24) is 10.2 Å². The fourth-order valence-corrected chi connectivity index (χ4v) is 2.63. The highest BCUT2D eigenvalue weighted by atomic mass is 16.3. The van der Waals surface area contributed by atoms with Gasteiger partial charge in [0, 0.05) is 12.6 Å². The van der Waals surface area contributed by atoms with Gasteiger partial charge in [-0.1, -0.05) is 12.8 Å². The summed E-state index contributed by atoms with van der Waals surface area (Å²) in [6.45, 7) is 1.44. The Balaban J connectivity index is 1.77. The van der Waals surface area contributed by atoms with Gasteiger partial charge in [0.1, 0.15) is 5.76 Å². The molecular formula is C14H22N2O3. The van der Waals surface area contributed by atoms with Crippen LogP contribution < -0.4 is 5.32 Å². The molecular weight excluding hydrogens is 244 g/mol. The van der Waals surface area contributed by atoms with Crippen molar-refractivity contribution in [3.63, 3.8) is 0 Å². The number of aliphatic hydroxyl groups is 1. The maximum Gasteiger partial charge on any atom is 0.234 e. The number of nitrogens with one attached hydrogen (secondary N) is 1. The van der Waals surface area contributed by atoms with Gasteiger partial charge in [-0.3, -0.25) is 9.69 Å². The number of rotatable bonds is 7. The third kappa shape index (κ3) is 4.36. The predicted octanol–water partition coefficient (Wildman–Crippen LogP) is 1.13. The van der Waals surface area contributed by atoms with Crippen LogP contribution in [0.15, 0.2) is 22.8 Å². The summed E-state index contributed by atoms with van der Waals surface area (Å²) in [6.07, 6.45) is 6.30. The van der Waals surface area contributed by atoms with Gasteiger partial charge in [-0.05, 0) is 25.0 Å². The number of aliphatic hydroxyl groups excluding tert-OH is 1. The minimum Gasteiger partial charge on any atom is -0.467 e. The molecule has 0 saturated heterocycles. The van der Waals surface area contributed by atoms with Crippen LogP contribution in [0.1, 0.15) is 31.4 Å². The molecule has 0 bridgehead atoms. The van der Waals surface area contributed by atoms with Crippen LogP contribution in [0.2, 0.25) is 0 Å². The highest BCUT2D eigenvalue weighted by Gasteiger charge is 2.23. The van der Waals surface area contributed by atoms with E-state index in [4.69, 9.17) is 9.52 Å². The summed E-state index contributed by atoms with van der Waals surface area (Å²) in [5.74, 6) is 0.736. The topological polar surface area (TPSA) is 65.7 Å². The van der Waals surface area contributed by atoms with Gasteiger partial charge in [0.05, 0.1) is 26.0 Å². The van der Waals surface area contributed by atoms with E-state index in [-0.39, 0.29) is 12.5 Å². The Morgan fingerprint density at radius 2 is 2.26 bits per heavy atom. The van der Waals surface area contributed by atoms with Gasteiger partial charge in [-0.25, -0.2) is 0 Å². The molecule has 1 amide bonds. The van der Waals surface area contributed by atoms with E-state index in [1.165, 1.54) is 12.8 Å². The Kier molecular flexibility index (Phi) is 5.42. The third-order valence-electron chi connectivity index (χ3n) is 3.61. The van der Waals surface area contributed by atoms with Crippen molar-refractivity contribution >= 4 is 5.91 Å². The van der Waals surface area contributed by atoms with Crippen molar-refractivity contribution < 1.29 is 14.3 Å². The van der Waals surface area contributed by atoms with E-state index in [0.29, 0.717) is 25.7 Å². The number of carbonyl (C=O) groups excluding carboxylic acids is 1. The van der Waals surface area contributed by atoms with Crippen molar-refractivity contribution in [3.8, 4) is 0 Å². The molecule has 0 unspecified atom stereocenters. The first kappa shape index (κ1) is 14.1. The first-order chi connectivity index (χ1) is 9.29. The maximum absolute atomic E-state index is 11.9. The molecule has 0 aromatic carbocycles. The molecule has 1 aliphatic rings. The van der Waals surface area contributed by atoms with Crippen LogP contribution in [-0.4, -0.2) is 41.7 Å². The van der Waals surface area contributed by atoms with Crippen LogP contribution in [0.25, 0.3) is 0 Å². The SMILES string of the molecule is O=C(CN(CCO)C1CCCC1)NCc1ccco1. The quantitative estimate of drug-likeness (QED) is 0.776. The smallest absolute Gasteiger partial charge is 0.234 e. The Morgan fingerprint density at radius 1 is 1.47 bits per heavy atom. The zero-order valence-corrected chi connectivity index (χ0v) is 11.2. The number of carbonyl (C=O) groups is 1. The van der Waals surface area contributed by atoms with Crippen LogP contribution in [0, 0.1) is 0 Å². The molecule has 1 saturated carbocycles. The molecule has 5 nitrogen and oxygen atoms in total. The predicted molar refractivity (Wildman–Crippen MR) is 71.5 cm³/mol. The molecule has 1 aliphatic carbocycles. The minimum absolute atomic E-state index is 0.0169. The summed E-state index contributed by atoms with van der Waals surface area (Å²) < 4.78 is 5.17. The van der Waals surface area contributed by atoms with Crippen molar-refractivity contribution in [3.05, 3.63) is 24.2 Å². The summed E-state index contributed by atoms with van der Waals surface area (Å²) in [5.41, 5.74) is 0. The third-order valence-corrected chi connectivity index (χ3v) is 3.61. The Morgan fingerprint density at radius 3 is 2.89 bits per heavy atom. The summed E-state index contributed by atoms with van der Waals surface area (Å²) >= 11 is 0. The molecule has 2 N–H and O–H groups in total. The van der Waals surface area contributed by atoms with Crippen LogP contribution in [0.5, 0.6) is 0 Å². The maximum atomic E-state index is 11.9. The van der Waals surface area contributed by atoms with Gasteiger partial charge in [0.15, 0.2) is 0 Å². The highest BCUT2D eigenvalue weighted by molar-refractivity contribution is 5.78. The van der Waals surface area contributed by atoms with E-state index in [2.05, 4.69) is 10.2 Å². The molecule has 106 valence electrons. The lowest BCUT2D eigenvalue weighted by Crippen LogP contribution is -2.43. The van der Waals surface area contributed by atoms with Crippen molar-refractivity contribution in [2.75, 3.05) is 19.7 Å². The molecule has 0 atom stereocenters. The lowest BCUT2D eigenvalue weighted by Gasteiger charge is -2.27. The van der Waals surface area contributed by atoms with Crippen LogP contribution in [-0.2, 0) is 11.3 Å². The zero-order valence-electron chi connectivity index (χ0n) is 11.2. The van der Waals surface area contributed by atoms with E-state index < -0.39 is 0 Å². The minimum atomic E-state index is -0.0169. The summed E-state index contributed by atoms with van der Waals surface area (Å²) in [7, 11) is 0. The average molecular weight is 266 g/mol. The summed E-state index contributed by atoms with van der Waals surface area (Å²) in [5, 5.41) is 11.9.